The summed E-state index contributed by atoms with van der Waals surface area (Å²) in [7, 11) is 0. The lowest BCUT2D eigenvalue weighted by atomic mass is 10.0. The second-order valence-electron chi connectivity index (χ2n) is 6.02. The number of amides is 1. The zero-order valence-electron chi connectivity index (χ0n) is 11.9. The number of hydrogen-bond acceptors (Lipinski definition) is 2. The number of carbonyl (C=O) groups excluding carboxylic acids is 1. The van der Waals surface area contributed by atoms with Gasteiger partial charge in [-0.05, 0) is 50.3 Å². The van der Waals surface area contributed by atoms with Gasteiger partial charge in [0.15, 0.2) is 11.6 Å². The van der Waals surface area contributed by atoms with Gasteiger partial charge in [0.1, 0.15) is 0 Å². The summed E-state index contributed by atoms with van der Waals surface area (Å²) in [4.78, 5) is 13.9. The molecule has 1 N–H and O–H groups in total. The van der Waals surface area contributed by atoms with Crippen molar-refractivity contribution in [1.82, 2.24) is 10.2 Å². The first-order valence-corrected chi connectivity index (χ1v) is 7.62. The zero-order valence-corrected chi connectivity index (χ0v) is 11.9. The van der Waals surface area contributed by atoms with E-state index in [9.17, 15) is 13.6 Å². The Morgan fingerprint density at radius 1 is 1.19 bits per heavy atom. The average Bonchev–Trinajstić information content (AvgIpc) is 3.32. The maximum absolute atomic E-state index is 13.7. The molecule has 1 aromatic rings. The number of likely N-dealkylation sites (tertiary alicyclic amines) is 1. The van der Waals surface area contributed by atoms with Crippen molar-refractivity contribution in [3.63, 3.8) is 0 Å². The molecular formula is C16H20F2N2O. The molecule has 2 fully saturated rings. The maximum atomic E-state index is 13.7. The lowest BCUT2D eigenvalue weighted by molar-refractivity contribution is 0.0699. The summed E-state index contributed by atoms with van der Waals surface area (Å²) in [5.74, 6) is -1.59. The van der Waals surface area contributed by atoms with Crippen LogP contribution in [0.3, 0.4) is 0 Å². The van der Waals surface area contributed by atoms with Crippen molar-refractivity contribution in [2.24, 2.45) is 5.92 Å². The monoisotopic (exact) mass is 294 g/mol. The first kappa shape index (κ1) is 14.4. The number of nitrogens with one attached hydrogen (secondary N) is 1. The van der Waals surface area contributed by atoms with Gasteiger partial charge in [-0.15, -0.1) is 0 Å². The zero-order chi connectivity index (χ0) is 14.8. The van der Waals surface area contributed by atoms with Crippen LogP contribution < -0.4 is 5.32 Å². The summed E-state index contributed by atoms with van der Waals surface area (Å²) >= 11 is 0. The van der Waals surface area contributed by atoms with Crippen LogP contribution >= 0.6 is 0 Å². The van der Waals surface area contributed by atoms with E-state index in [1.165, 1.54) is 25.0 Å². The van der Waals surface area contributed by atoms with Crippen molar-refractivity contribution in [2.75, 3.05) is 19.6 Å². The number of nitrogens with zero attached hydrogens (tertiary/aromatic N) is 1. The second-order valence-corrected chi connectivity index (χ2v) is 6.02. The molecule has 1 aromatic carbocycles. The van der Waals surface area contributed by atoms with Crippen molar-refractivity contribution in [2.45, 2.75) is 31.7 Å². The molecule has 1 amide bonds. The predicted molar refractivity (Wildman–Crippen MR) is 76.0 cm³/mol. The lowest BCUT2D eigenvalue weighted by Crippen LogP contribution is -2.45. The summed E-state index contributed by atoms with van der Waals surface area (Å²) in [6.45, 7) is 2.26. The molecule has 1 saturated heterocycles. The Hall–Kier alpha value is -1.49. The third kappa shape index (κ3) is 3.40. The smallest absolute Gasteiger partial charge is 0.256 e. The van der Waals surface area contributed by atoms with Gasteiger partial charge in [-0.25, -0.2) is 8.78 Å². The molecule has 3 nitrogen and oxygen atoms in total. The van der Waals surface area contributed by atoms with Crippen LogP contribution in [0.15, 0.2) is 18.2 Å². The molecule has 0 atom stereocenters. The molecule has 0 radical (unpaired) electrons. The average molecular weight is 294 g/mol. The van der Waals surface area contributed by atoms with Crippen LogP contribution in [-0.4, -0.2) is 36.5 Å². The Morgan fingerprint density at radius 2 is 1.90 bits per heavy atom. The SMILES string of the molecule is O=C(c1cccc(F)c1F)N1CCC(NCC2CC2)CC1. The first-order valence-electron chi connectivity index (χ1n) is 7.62. The largest absolute Gasteiger partial charge is 0.338 e. The van der Waals surface area contributed by atoms with Gasteiger partial charge in [-0.2, -0.15) is 0 Å². The Morgan fingerprint density at radius 3 is 2.57 bits per heavy atom. The quantitative estimate of drug-likeness (QED) is 0.925. The van der Waals surface area contributed by atoms with Gasteiger partial charge in [-0.1, -0.05) is 6.07 Å². The highest BCUT2D eigenvalue weighted by atomic mass is 19.2. The Kier molecular flexibility index (Phi) is 4.19. The first-order chi connectivity index (χ1) is 10.1. The number of piperidine rings is 1. The molecule has 1 saturated carbocycles. The van der Waals surface area contributed by atoms with E-state index in [-0.39, 0.29) is 5.56 Å². The van der Waals surface area contributed by atoms with Crippen LogP contribution in [0.5, 0.6) is 0 Å². The number of carbonyl (C=O) groups is 1. The molecule has 1 aliphatic carbocycles. The third-order valence-electron chi connectivity index (χ3n) is 4.36. The Balaban J connectivity index is 1.55. The van der Waals surface area contributed by atoms with Gasteiger partial charge < -0.3 is 10.2 Å². The summed E-state index contributed by atoms with van der Waals surface area (Å²) in [5.41, 5.74) is -0.167. The molecule has 0 aromatic heterocycles. The van der Waals surface area contributed by atoms with Crippen LogP contribution in [0, 0.1) is 17.6 Å². The van der Waals surface area contributed by atoms with Gasteiger partial charge in [0.25, 0.3) is 5.91 Å². The van der Waals surface area contributed by atoms with Gasteiger partial charge >= 0.3 is 0 Å². The fourth-order valence-corrected chi connectivity index (χ4v) is 2.78. The van der Waals surface area contributed by atoms with E-state index in [1.807, 2.05) is 0 Å². The number of hydrogen-bond donors (Lipinski definition) is 1. The second kappa shape index (κ2) is 6.10. The van der Waals surface area contributed by atoms with Crippen molar-refractivity contribution >= 4 is 5.91 Å². The maximum Gasteiger partial charge on any atom is 0.256 e. The van der Waals surface area contributed by atoms with Crippen molar-refractivity contribution < 1.29 is 13.6 Å². The van der Waals surface area contributed by atoms with Crippen molar-refractivity contribution in [3.05, 3.63) is 35.4 Å². The molecule has 0 spiro atoms. The van der Waals surface area contributed by atoms with Gasteiger partial charge in [0.05, 0.1) is 5.56 Å². The molecule has 0 bridgehead atoms. The van der Waals surface area contributed by atoms with E-state index < -0.39 is 17.5 Å². The fourth-order valence-electron chi connectivity index (χ4n) is 2.78. The third-order valence-corrected chi connectivity index (χ3v) is 4.36. The molecule has 5 heteroatoms. The van der Waals surface area contributed by atoms with Crippen LogP contribution in [0.1, 0.15) is 36.0 Å². The van der Waals surface area contributed by atoms with Crippen molar-refractivity contribution in [1.29, 1.82) is 0 Å². The molecule has 0 unspecified atom stereocenters. The molecule has 1 heterocycles. The van der Waals surface area contributed by atoms with Gasteiger partial charge in [-0.3, -0.25) is 4.79 Å². The Labute approximate surface area is 123 Å². The highest BCUT2D eigenvalue weighted by molar-refractivity contribution is 5.94. The summed E-state index contributed by atoms with van der Waals surface area (Å²) in [6.07, 6.45) is 4.39. The molecule has 114 valence electrons. The molecule has 1 aliphatic heterocycles. The number of benzene rings is 1. The van der Waals surface area contributed by atoms with Crippen LogP contribution in [0.25, 0.3) is 0 Å². The van der Waals surface area contributed by atoms with E-state index in [0.29, 0.717) is 19.1 Å². The molecule has 2 aliphatic rings. The highest BCUT2D eigenvalue weighted by Crippen LogP contribution is 2.28. The lowest BCUT2D eigenvalue weighted by Gasteiger charge is -2.32. The van der Waals surface area contributed by atoms with E-state index in [2.05, 4.69) is 5.32 Å². The van der Waals surface area contributed by atoms with Crippen molar-refractivity contribution in [3.8, 4) is 0 Å². The van der Waals surface area contributed by atoms with Gasteiger partial charge in [0, 0.05) is 19.1 Å². The summed E-state index contributed by atoms with van der Waals surface area (Å²) < 4.78 is 26.9. The molecule has 21 heavy (non-hydrogen) atoms. The van der Waals surface area contributed by atoms with E-state index >= 15 is 0 Å². The molecule has 3 rings (SSSR count). The normalized spacial score (nSPS) is 19.8. The standard InChI is InChI=1S/C16H20F2N2O/c17-14-3-1-2-13(15(14)18)16(21)20-8-6-12(7-9-20)19-10-11-4-5-11/h1-3,11-12,19H,4-10H2. The van der Waals surface area contributed by atoms with E-state index in [1.54, 1.807) is 4.90 Å². The van der Waals surface area contributed by atoms with E-state index in [0.717, 1.165) is 31.4 Å². The fraction of sp³-hybridized carbons (Fsp3) is 0.562. The minimum atomic E-state index is -1.04. The topological polar surface area (TPSA) is 32.3 Å². The van der Waals surface area contributed by atoms with Crippen LogP contribution in [-0.2, 0) is 0 Å². The predicted octanol–water partition coefficient (Wildman–Crippen LogP) is 2.57. The van der Waals surface area contributed by atoms with Gasteiger partial charge in [0.2, 0.25) is 0 Å². The van der Waals surface area contributed by atoms with Crippen LogP contribution in [0.4, 0.5) is 8.78 Å². The minimum absolute atomic E-state index is 0.167. The van der Waals surface area contributed by atoms with E-state index in [4.69, 9.17) is 0 Å². The Bertz CT molecular complexity index is 523. The number of halogens is 2. The highest BCUT2D eigenvalue weighted by Gasteiger charge is 2.27. The summed E-state index contributed by atoms with van der Waals surface area (Å²) in [5, 5.41) is 3.53. The summed E-state index contributed by atoms with van der Waals surface area (Å²) in [6, 6.07) is 4.18. The number of rotatable bonds is 4. The van der Waals surface area contributed by atoms with Crippen LogP contribution in [0.2, 0.25) is 0 Å². The molecular weight excluding hydrogens is 274 g/mol. The minimum Gasteiger partial charge on any atom is -0.338 e.